The average Bonchev–Trinajstić information content (AvgIpc) is 2.35. The number of hydrogen-bond acceptors (Lipinski definition) is 2. The number of carbonyl (C=O) groups is 1. The fourth-order valence-corrected chi connectivity index (χ4v) is 2.18. The maximum Gasteiger partial charge on any atom is 0.255 e. The highest BCUT2D eigenvalue weighted by Crippen LogP contribution is 2.24. The number of amides is 1. The molecule has 0 radical (unpaired) electrons. The summed E-state index contributed by atoms with van der Waals surface area (Å²) in [6.07, 6.45) is 0. The summed E-state index contributed by atoms with van der Waals surface area (Å²) in [4.78, 5) is 12.8. The van der Waals surface area contributed by atoms with Gasteiger partial charge < -0.3 is 5.32 Å². The van der Waals surface area contributed by atoms with Gasteiger partial charge in [0.1, 0.15) is 0 Å². The molecule has 2 aromatic carbocycles. The van der Waals surface area contributed by atoms with Crippen LogP contribution in [0, 0.1) is 6.92 Å². The number of benzene rings is 2. The summed E-state index contributed by atoms with van der Waals surface area (Å²) in [5.41, 5.74) is 2.41. The van der Waals surface area contributed by atoms with Crippen molar-refractivity contribution < 1.29 is 4.79 Å². The van der Waals surface area contributed by atoms with E-state index in [2.05, 4.69) is 33.9 Å². The second-order valence-electron chi connectivity index (χ2n) is 3.92. The highest BCUT2D eigenvalue weighted by Gasteiger charge is 2.08. The molecule has 1 N–H and O–H groups in total. The van der Waals surface area contributed by atoms with Crippen LogP contribution in [0.4, 0.5) is 5.69 Å². The summed E-state index contributed by atoms with van der Waals surface area (Å²) in [7, 11) is 0. The van der Waals surface area contributed by atoms with Crippen LogP contribution in [0.15, 0.2) is 51.8 Å². The smallest absolute Gasteiger partial charge is 0.255 e. The van der Waals surface area contributed by atoms with Crippen molar-refractivity contribution in [2.24, 2.45) is 0 Å². The first-order chi connectivity index (χ1) is 8.58. The number of nitrogens with one attached hydrogen (secondary N) is 1. The topological polar surface area (TPSA) is 29.1 Å². The molecule has 0 saturated heterocycles. The predicted octanol–water partition coefficient (Wildman–Crippen LogP) is 4.30. The van der Waals surface area contributed by atoms with Crippen LogP contribution in [0.2, 0.25) is 0 Å². The van der Waals surface area contributed by atoms with E-state index in [1.807, 2.05) is 37.3 Å². The molecular weight excluding hydrogens is 310 g/mol. The van der Waals surface area contributed by atoms with Gasteiger partial charge in [-0.15, -0.1) is 12.6 Å². The van der Waals surface area contributed by atoms with E-state index in [0.29, 0.717) is 5.56 Å². The largest absolute Gasteiger partial charge is 0.322 e. The molecule has 2 rings (SSSR count). The molecule has 0 saturated carbocycles. The average molecular weight is 322 g/mol. The summed E-state index contributed by atoms with van der Waals surface area (Å²) in [6, 6.07) is 12.9. The van der Waals surface area contributed by atoms with Crippen molar-refractivity contribution in [3.63, 3.8) is 0 Å². The van der Waals surface area contributed by atoms with Crippen LogP contribution in [0.1, 0.15) is 15.9 Å². The molecular formula is C14H12BrNOS. The molecule has 4 heteroatoms. The minimum Gasteiger partial charge on any atom is -0.322 e. The van der Waals surface area contributed by atoms with Gasteiger partial charge >= 0.3 is 0 Å². The molecule has 2 aromatic rings. The molecule has 0 aliphatic rings. The first kappa shape index (κ1) is 13.2. The van der Waals surface area contributed by atoms with E-state index in [1.165, 1.54) is 0 Å². The van der Waals surface area contributed by atoms with Gasteiger partial charge in [0.05, 0.1) is 0 Å². The monoisotopic (exact) mass is 321 g/mol. The predicted molar refractivity (Wildman–Crippen MR) is 80.5 cm³/mol. The second kappa shape index (κ2) is 5.59. The first-order valence-electron chi connectivity index (χ1n) is 5.43. The van der Waals surface area contributed by atoms with Crippen molar-refractivity contribution in [2.45, 2.75) is 11.8 Å². The Morgan fingerprint density at radius 3 is 2.67 bits per heavy atom. The molecule has 0 aliphatic carbocycles. The maximum atomic E-state index is 12.1. The zero-order chi connectivity index (χ0) is 13.1. The Labute approximate surface area is 120 Å². The zero-order valence-corrected chi connectivity index (χ0v) is 12.3. The molecule has 0 atom stereocenters. The van der Waals surface area contributed by atoms with E-state index in [9.17, 15) is 4.79 Å². The SMILES string of the molecule is Cc1c(Br)cccc1NC(=O)c1cccc(S)c1. The van der Waals surface area contributed by atoms with Gasteiger partial charge in [0.25, 0.3) is 5.91 Å². The number of hydrogen-bond donors (Lipinski definition) is 2. The van der Waals surface area contributed by atoms with Crippen LogP contribution in [0.5, 0.6) is 0 Å². The number of thiol groups is 1. The van der Waals surface area contributed by atoms with Crippen LogP contribution in [0.25, 0.3) is 0 Å². The minimum atomic E-state index is -0.132. The Morgan fingerprint density at radius 2 is 1.94 bits per heavy atom. The number of carbonyl (C=O) groups excluding carboxylic acids is 1. The van der Waals surface area contributed by atoms with Crippen LogP contribution >= 0.6 is 28.6 Å². The Balaban J connectivity index is 2.24. The van der Waals surface area contributed by atoms with Gasteiger partial charge in [-0.3, -0.25) is 4.79 Å². The molecule has 0 fully saturated rings. The number of anilines is 1. The van der Waals surface area contributed by atoms with E-state index < -0.39 is 0 Å². The summed E-state index contributed by atoms with van der Waals surface area (Å²) >= 11 is 7.66. The van der Waals surface area contributed by atoms with Crippen LogP contribution in [-0.2, 0) is 0 Å². The second-order valence-corrected chi connectivity index (χ2v) is 5.29. The normalized spacial score (nSPS) is 10.2. The Morgan fingerprint density at radius 1 is 1.22 bits per heavy atom. The van der Waals surface area contributed by atoms with Gasteiger partial charge in [0.2, 0.25) is 0 Å². The molecule has 18 heavy (non-hydrogen) atoms. The summed E-state index contributed by atoms with van der Waals surface area (Å²) in [5, 5.41) is 2.89. The maximum absolute atomic E-state index is 12.1. The van der Waals surface area contributed by atoms with Gasteiger partial charge in [-0.25, -0.2) is 0 Å². The van der Waals surface area contributed by atoms with Crippen molar-refractivity contribution >= 4 is 40.2 Å². The molecule has 0 heterocycles. The van der Waals surface area contributed by atoms with Gasteiger partial charge in [-0.1, -0.05) is 28.1 Å². The van der Waals surface area contributed by atoms with E-state index in [1.54, 1.807) is 12.1 Å². The molecule has 0 spiro atoms. The Hall–Kier alpha value is -1.26. The van der Waals surface area contributed by atoms with E-state index >= 15 is 0 Å². The summed E-state index contributed by atoms with van der Waals surface area (Å²) < 4.78 is 0.975. The van der Waals surface area contributed by atoms with Gasteiger partial charge in [-0.2, -0.15) is 0 Å². The Bertz CT molecular complexity index is 598. The third kappa shape index (κ3) is 2.94. The van der Waals surface area contributed by atoms with Gasteiger partial charge in [-0.05, 0) is 42.8 Å². The fourth-order valence-electron chi connectivity index (χ4n) is 1.58. The quantitative estimate of drug-likeness (QED) is 0.793. The van der Waals surface area contributed by atoms with Crippen molar-refractivity contribution in [1.29, 1.82) is 0 Å². The van der Waals surface area contributed by atoms with Gasteiger partial charge in [0, 0.05) is 20.6 Å². The van der Waals surface area contributed by atoms with Crippen LogP contribution in [0.3, 0.4) is 0 Å². The third-order valence-electron chi connectivity index (χ3n) is 2.62. The lowest BCUT2D eigenvalue weighted by Gasteiger charge is -2.09. The van der Waals surface area contributed by atoms with E-state index in [0.717, 1.165) is 20.6 Å². The molecule has 0 aliphatic heterocycles. The van der Waals surface area contributed by atoms with Crippen LogP contribution < -0.4 is 5.32 Å². The van der Waals surface area contributed by atoms with Crippen LogP contribution in [-0.4, -0.2) is 5.91 Å². The first-order valence-corrected chi connectivity index (χ1v) is 6.67. The highest BCUT2D eigenvalue weighted by molar-refractivity contribution is 9.10. The molecule has 1 amide bonds. The van der Waals surface area contributed by atoms with Gasteiger partial charge in [0.15, 0.2) is 0 Å². The lowest BCUT2D eigenvalue weighted by atomic mass is 10.1. The van der Waals surface area contributed by atoms with Crippen molar-refractivity contribution in [2.75, 3.05) is 5.32 Å². The summed E-state index contributed by atoms with van der Waals surface area (Å²) in [5.74, 6) is -0.132. The zero-order valence-electron chi connectivity index (χ0n) is 9.77. The lowest BCUT2D eigenvalue weighted by Crippen LogP contribution is -2.12. The third-order valence-corrected chi connectivity index (χ3v) is 3.76. The van der Waals surface area contributed by atoms with E-state index in [-0.39, 0.29) is 5.91 Å². The number of rotatable bonds is 2. The molecule has 2 nitrogen and oxygen atoms in total. The van der Waals surface area contributed by atoms with Crippen molar-refractivity contribution in [3.05, 3.63) is 58.1 Å². The fraction of sp³-hybridized carbons (Fsp3) is 0.0714. The molecule has 0 bridgehead atoms. The lowest BCUT2D eigenvalue weighted by molar-refractivity contribution is 0.102. The minimum absolute atomic E-state index is 0.132. The Kier molecular flexibility index (Phi) is 4.09. The molecule has 92 valence electrons. The molecule has 0 unspecified atom stereocenters. The van der Waals surface area contributed by atoms with Crippen molar-refractivity contribution in [3.8, 4) is 0 Å². The molecule has 0 aromatic heterocycles. The van der Waals surface area contributed by atoms with Crippen molar-refractivity contribution in [1.82, 2.24) is 0 Å². The standard InChI is InChI=1S/C14H12BrNOS/c1-9-12(15)6-3-7-13(9)16-14(17)10-4-2-5-11(18)8-10/h2-8,18H,1H3,(H,16,17). The summed E-state index contributed by atoms with van der Waals surface area (Å²) in [6.45, 7) is 1.95. The number of halogens is 1. The van der Waals surface area contributed by atoms with E-state index in [4.69, 9.17) is 0 Å². The highest BCUT2D eigenvalue weighted by atomic mass is 79.9.